The molecule has 0 saturated heterocycles. The molecular formula is C15H14BNO2S. The van der Waals surface area contributed by atoms with Crippen molar-refractivity contribution in [3.8, 4) is 0 Å². The molecule has 0 fully saturated rings. The zero-order chi connectivity index (χ0) is 14.3. The van der Waals surface area contributed by atoms with E-state index < -0.39 is 10.0 Å². The Labute approximate surface area is 119 Å². The first kappa shape index (κ1) is 13.0. The third-order valence-corrected chi connectivity index (χ3v) is 5.09. The summed E-state index contributed by atoms with van der Waals surface area (Å²) in [6.07, 6.45) is 1.61. The molecule has 0 aliphatic heterocycles. The molecule has 0 N–H and O–H groups in total. The highest BCUT2D eigenvalue weighted by Gasteiger charge is 2.18. The van der Waals surface area contributed by atoms with E-state index in [1.54, 1.807) is 18.3 Å². The SMILES string of the molecule is Bc1ccc2c(ccn2S(=O)(=O)c2ccc(C)cc2)c1. The van der Waals surface area contributed by atoms with E-state index in [4.69, 9.17) is 0 Å². The maximum Gasteiger partial charge on any atom is 0.268 e. The van der Waals surface area contributed by atoms with Gasteiger partial charge in [0.15, 0.2) is 0 Å². The normalized spacial score (nSPS) is 11.8. The average Bonchev–Trinajstić information content (AvgIpc) is 2.82. The fourth-order valence-electron chi connectivity index (χ4n) is 2.27. The zero-order valence-electron chi connectivity index (χ0n) is 11.4. The van der Waals surface area contributed by atoms with Gasteiger partial charge in [0.1, 0.15) is 7.85 Å². The van der Waals surface area contributed by atoms with Crippen molar-refractivity contribution in [2.24, 2.45) is 0 Å². The lowest BCUT2D eigenvalue weighted by atomic mass is 9.95. The molecular weight excluding hydrogens is 269 g/mol. The van der Waals surface area contributed by atoms with Crippen molar-refractivity contribution in [1.82, 2.24) is 3.97 Å². The summed E-state index contributed by atoms with van der Waals surface area (Å²) < 4.78 is 26.7. The number of rotatable bonds is 2. The first-order valence-electron chi connectivity index (χ1n) is 6.38. The summed E-state index contributed by atoms with van der Waals surface area (Å²) in [6, 6.07) is 14.5. The molecule has 1 heterocycles. The molecule has 100 valence electrons. The smallest absolute Gasteiger partial charge is 0.241 e. The van der Waals surface area contributed by atoms with E-state index in [-0.39, 0.29) is 0 Å². The van der Waals surface area contributed by atoms with Gasteiger partial charge >= 0.3 is 0 Å². The van der Waals surface area contributed by atoms with Crippen molar-refractivity contribution in [2.45, 2.75) is 11.8 Å². The van der Waals surface area contributed by atoms with Crippen LogP contribution in [0.5, 0.6) is 0 Å². The van der Waals surface area contributed by atoms with Crippen LogP contribution in [-0.4, -0.2) is 20.2 Å². The predicted molar refractivity (Wildman–Crippen MR) is 83.9 cm³/mol. The Morgan fingerprint density at radius 1 is 1.00 bits per heavy atom. The Morgan fingerprint density at radius 3 is 2.40 bits per heavy atom. The highest BCUT2D eigenvalue weighted by atomic mass is 32.2. The maximum atomic E-state index is 12.7. The summed E-state index contributed by atoms with van der Waals surface area (Å²) in [5.41, 5.74) is 2.86. The molecule has 20 heavy (non-hydrogen) atoms. The highest BCUT2D eigenvalue weighted by molar-refractivity contribution is 7.90. The van der Waals surface area contributed by atoms with E-state index in [0.29, 0.717) is 10.4 Å². The average molecular weight is 283 g/mol. The van der Waals surface area contributed by atoms with Crippen LogP contribution in [0.1, 0.15) is 5.56 Å². The van der Waals surface area contributed by atoms with Gasteiger partial charge in [-0.25, -0.2) is 12.4 Å². The van der Waals surface area contributed by atoms with Gasteiger partial charge in [0.2, 0.25) is 0 Å². The van der Waals surface area contributed by atoms with E-state index in [1.165, 1.54) is 3.97 Å². The molecule has 0 aliphatic rings. The van der Waals surface area contributed by atoms with Gasteiger partial charge in [-0.15, -0.1) is 0 Å². The Kier molecular flexibility index (Phi) is 2.94. The van der Waals surface area contributed by atoms with E-state index in [9.17, 15) is 8.42 Å². The molecule has 0 aliphatic carbocycles. The van der Waals surface area contributed by atoms with Gasteiger partial charge in [0, 0.05) is 11.6 Å². The minimum absolute atomic E-state index is 0.307. The summed E-state index contributed by atoms with van der Waals surface area (Å²) in [6.45, 7) is 1.93. The number of hydrogen-bond acceptors (Lipinski definition) is 2. The minimum atomic E-state index is -3.54. The molecule has 3 nitrogen and oxygen atoms in total. The fourth-order valence-corrected chi connectivity index (χ4v) is 3.62. The summed E-state index contributed by atoms with van der Waals surface area (Å²) in [5.74, 6) is 0. The van der Waals surface area contributed by atoms with Crippen LogP contribution in [0, 0.1) is 6.92 Å². The van der Waals surface area contributed by atoms with Crippen LogP contribution >= 0.6 is 0 Å². The number of aromatic nitrogens is 1. The van der Waals surface area contributed by atoms with Gasteiger partial charge in [-0.1, -0.05) is 35.3 Å². The number of aryl methyl sites for hydroxylation is 1. The molecule has 0 saturated carbocycles. The molecule has 3 rings (SSSR count). The topological polar surface area (TPSA) is 39.1 Å². The second kappa shape index (κ2) is 4.53. The monoisotopic (exact) mass is 283 g/mol. The van der Waals surface area contributed by atoms with E-state index in [0.717, 1.165) is 16.4 Å². The van der Waals surface area contributed by atoms with Gasteiger partial charge in [-0.05, 0) is 31.2 Å². The Hall–Kier alpha value is -2.01. The molecule has 3 aromatic rings. The molecule has 0 radical (unpaired) electrons. The van der Waals surface area contributed by atoms with Crippen LogP contribution in [0.15, 0.2) is 59.6 Å². The molecule has 0 atom stereocenters. The quantitative estimate of drug-likeness (QED) is 0.668. The van der Waals surface area contributed by atoms with E-state index >= 15 is 0 Å². The fraction of sp³-hybridized carbons (Fsp3) is 0.0667. The highest BCUT2D eigenvalue weighted by Crippen LogP contribution is 2.21. The number of nitrogens with zero attached hydrogens (tertiary/aromatic N) is 1. The Morgan fingerprint density at radius 2 is 1.70 bits per heavy atom. The third-order valence-electron chi connectivity index (χ3n) is 3.39. The van der Waals surface area contributed by atoms with Crippen molar-refractivity contribution in [3.05, 3.63) is 60.3 Å². The molecule has 0 amide bonds. The summed E-state index contributed by atoms with van der Waals surface area (Å²) in [4.78, 5) is 0.307. The number of hydrogen-bond donors (Lipinski definition) is 0. The van der Waals surface area contributed by atoms with Gasteiger partial charge < -0.3 is 0 Å². The van der Waals surface area contributed by atoms with Crippen molar-refractivity contribution in [1.29, 1.82) is 0 Å². The van der Waals surface area contributed by atoms with Gasteiger partial charge in [-0.2, -0.15) is 0 Å². The zero-order valence-corrected chi connectivity index (χ0v) is 12.2. The van der Waals surface area contributed by atoms with Crippen LogP contribution in [0.3, 0.4) is 0 Å². The Bertz CT molecular complexity index is 880. The van der Waals surface area contributed by atoms with Gasteiger partial charge in [-0.3, -0.25) is 0 Å². The first-order valence-corrected chi connectivity index (χ1v) is 7.82. The summed E-state index contributed by atoms with van der Waals surface area (Å²) >= 11 is 0. The minimum Gasteiger partial charge on any atom is -0.241 e. The van der Waals surface area contributed by atoms with Crippen LogP contribution in [0.25, 0.3) is 10.9 Å². The lowest BCUT2D eigenvalue weighted by Gasteiger charge is -2.08. The predicted octanol–water partition coefficient (Wildman–Crippen LogP) is 1.45. The second-order valence-corrected chi connectivity index (χ2v) is 6.81. The molecule has 1 aromatic heterocycles. The molecule has 0 unspecified atom stereocenters. The lowest BCUT2D eigenvalue weighted by Crippen LogP contribution is -2.12. The third kappa shape index (κ3) is 2.04. The van der Waals surface area contributed by atoms with E-state index in [1.807, 2.05) is 51.2 Å². The largest absolute Gasteiger partial charge is 0.268 e. The van der Waals surface area contributed by atoms with Crippen molar-refractivity contribution < 1.29 is 8.42 Å². The molecule has 2 aromatic carbocycles. The first-order chi connectivity index (χ1) is 9.48. The van der Waals surface area contributed by atoms with E-state index in [2.05, 4.69) is 0 Å². The van der Waals surface area contributed by atoms with Crippen molar-refractivity contribution in [2.75, 3.05) is 0 Å². The van der Waals surface area contributed by atoms with Crippen LogP contribution in [-0.2, 0) is 10.0 Å². The van der Waals surface area contributed by atoms with Crippen molar-refractivity contribution in [3.63, 3.8) is 0 Å². The standard InChI is InChI=1S/C15H14BNO2S/c1-11-2-5-14(6-3-11)20(18,19)17-9-8-12-10-13(16)4-7-15(12)17/h2-10H,16H2,1H3. The Balaban J connectivity index is 2.21. The summed E-state index contributed by atoms with van der Waals surface area (Å²) in [7, 11) is -1.54. The molecule has 0 bridgehead atoms. The maximum absolute atomic E-state index is 12.7. The van der Waals surface area contributed by atoms with Gasteiger partial charge in [0.05, 0.1) is 10.4 Å². The number of benzene rings is 2. The molecule has 0 spiro atoms. The van der Waals surface area contributed by atoms with Crippen molar-refractivity contribution >= 4 is 34.2 Å². The number of fused-ring (bicyclic) bond motifs is 1. The van der Waals surface area contributed by atoms with Gasteiger partial charge in [0.25, 0.3) is 10.0 Å². The second-order valence-electron chi connectivity index (χ2n) is 4.99. The van der Waals surface area contributed by atoms with Crippen LogP contribution < -0.4 is 5.46 Å². The van der Waals surface area contributed by atoms with Crippen LogP contribution in [0.4, 0.5) is 0 Å². The van der Waals surface area contributed by atoms with Crippen LogP contribution in [0.2, 0.25) is 0 Å². The lowest BCUT2D eigenvalue weighted by molar-refractivity contribution is 0.589. The summed E-state index contributed by atoms with van der Waals surface area (Å²) in [5, 5.41) is 0.931. The molecule has 5 heteroatoms.